The number of carbonyl (C=O) groups is 1. The number of anilines is 2. The number of sulfone groups is 1. The van der Waals surface area contributed by atoms with Crippen LogP contribution in [-0.4, -0.2) is 49.1 Å². The summed E-state index contributed by atoms with van der Waals surface area (Å²) in [6.07, 6.45) is 0.667. The molecule has 1 aliphatic heterocycles. The van der Waals surface area contributed by atoms with Crippen molar-refractivity contribution in [3.63, 3.8) is 0 Å². The number of carbonyl (C=O) groups excluding carboxylic acids is 1. The monoisotopic (exact) mass is 378 g/mol. The van der Waals surface area contributed by atoms with Crippen molar-refractivity contribution in [2.24, 2.45) is 0 Å². The molecule has 2 aromatic rings. The van der Waals surface area contributed by atoms with Gasteiger partial charge in [-0.2, -0.15) is 0 Å². The van der Waals surface area contributed by atoms with E-state index in [1.807, 2.05) is 0 Å². The van der Waals surface area contributed by atoms with Crippen LogP contribution in [0.3, 0.4) is 0 Å². The van der Waals surface area contributed by atoms with Crippen LogP contribution in [0.2, 0.25) is 0 Å². The highest BCUT2D eigenvalue weighted by atomic mass is 32.2. The van der Waals surface area contributed by atoms with E-state index < -0.39 is 9.84 Å². The largest absolute Gasteiger partial charge is 0.354 e. The second-order valence-corrected chi connectivity index (χ2v) is 8.52. The number of aromatic nitrogens is 2. The van der Waals surface area contributed by atoms with E-state index in [9.17, 15) is 17.6 Å². The quantitative estimate of drug-likeness (QED) is 0.846. The molecule has 0 saturated carbocycles. The summed E-state index contributed by atoms with van der Waals surface area (Å²) in [5.41, 5.74) is 0.690. The van der Waals surface area contributed by atoms with Crippen molar-refractivity contribution in [1.82, 2.24) is 10.2 Å². The number of hydrogen-bond donors (Lipinski definition) is 1. The summed E-state index contributed by atoms with van der Waals surface area (Å²) >= 11 is 0. The number of rotatable bonds is 5. The lowest BCUT2D eigenvalue weighted by atomic mass is 10.1. The Bertz CT molecular complexity index is 885. The third-order valence-corrected chi connectivity index (χ3v) is 6.06. The first-order valence-corrected chi connectivity index (χ1v) is 9.96. The lowest BCUT2D eigenvalue weighted by Gasteiger charge is -2.23. The molecule has 0 aliphatic carbocycles. The van der Waals surface area contributed by atoms with Gasteiger partial charge in [-0.25, -0.2) is 12.8 Å². The number of hydrogen-bond acceptors (Lipinski definition) is 6. The summed E-state index contributed by atoms with van der Waals surface area (Å²) in [5, 5.41) is 10.7. The Balaban J connectivity index is 1.58. The lowest BCUT2D eigenvalue weighted by Crippen LogP contribution is -2.33. The Hall–Kier alpha value is -2.55. The van der Waals surface area contributed by atoms with Crippen LogP contribution in [-0.2, 0) is 21.1 Å². The van der Waals surface area contributed by atoms with E-state index in [0.717, 1.165) is 0 Å². The first-order valence-electron chi connectivity index (χ1n) is 8.14. The molecule has 1 unspecified atom stereocenters. The molecule has 138 valence electrons. The van der Waals surface area contributed by atoms with Gasteiger partial charge in [-0.3, -0.25) is 4.79 Å². The van der Waals surface area contributed by atoms with Gasteiger partial charge in [-0.05, 0) is 36.2 Å². The fourth-order valence-electron chi connectivity index (χ4n) is 2.82. The summed E-state index contributed by atoms with van der Waals surface area (Å²) < 4.78 is 36.1. The second kappa shape index (κ2) is 7.36. The maximum atomic E-state index is 12.9. The highest BCUT2D eigenvalue weighted by Crippen LogP contribution is 2.21. The molecule has 3 rings (SSSR count). The van der Waals surface area contributed by atoms with Gasteiger partial charge in [0.1, 0.15) is 5.82 Å². The standard InChI is InChI=1S/C17H19FN4O3S/c1-22(14-8-9-26(24,25)11-14)16-7-6-15(20-21-16)19-17(23)10-12-2-4-13(18)5-3-12/h2-7,14H,8-11H2,1H3,(H,19,20,23). The van der Waals surface area contributed by atoms with Crippen LogP contribution in [0.4, 0.5) is 16.0 Å². The number of amides is 1. The van der Waals surface area contributed by atoms with E-state index in [-0.39, 0.29) is 35.7 Å². The van der Waals surface area contributed by atoms with Crippen LogP contribution in [0.1, 0.15) is 12.0 Å². The minimum Gasteiger partial charge on any atom is -0.354 e. The third kappa shape index (κ3) is 4.54. The molecule has 0 bridgehead atoms. The Morgan fingerprint density at radius 1 is 1.23 bits per heavy atom. The summed E-state index contributed by atoms with van der Waals surface area (Å²) in [7, 11) is -1.20. The Morgan fingerprint density at radius 2 is 1.96 bits per heavy atom. The fourth-order valence-corrected chi connectivity index (χ4v) is 4.60. The number of nitrogens with one attached hydrogen (secondary N) is 1. The molecule has 1 saturated heterocycles. The van der Waals surface area contributed by atoms with Gasteiger partial charge in [-0.1, -0.05) is 12.1 Å². The molecule has 0 spiro atoms. The van der Waals surface area contributed by atoms with Gasteiger partial charge in [0.25, 0.3) is 0 Å². The van der Waals surface area contributed by atoms with Crippen molar-refractivity contribution >= 4 is 27.4 Å². The fraction of sp³-hybridized carbons (Fsp3) is 0.353. The van der Waals surface area contributed by atoms with Crippen molar-refractivity contribution in [2.45, 2.75) is 18.9 Å². The number of nitrogens with zero attached hydrogens (tertiary/aromatic N) is 3. The average Bonchev–Trinajstić information content (AvgIpc) is 2.97. The molecule has 9 heteroatoms. The van der Waals surface area contributed by atoms with E-state index >= 15 is 0 Å². The molecule has 1 N–H and O–H groups in total. The first kappa shape index (κ1) is 18.2. The van der Waals surface area contributed by atoms with Gasteiger partial charge in [0.05, 0.1) is 17.9 Å². The van der Waals surface area contributed by atoms with Gasteiger partial charge >= 0.3 is 0 Å². The molecular formula is C17H19FN4O3S. The maximum Gasteiger partial charge on any atom is 0.229 e. The summed E-state index contributed by atoms with van der Waals surface area (Å²) in [5.74, 6) is 0.509. The van der Waals surface area contributed by atoms with Crippen molar-refractivity contribution < 1.29 is 17.6 Å². The lowest BCUT2D eigenvalue weighted by molar-refractivity contribution is -0.115. The van der Waals surface area contributed by atoms with Crippen molar-refractivity contribution in [2.75, 3.05) is 28.8 Å². The van der Waals surface area contributed by atoms with E-state index in [4.69, 9.17) is 0 Å². The van der Waals surface area contributed by atoms with Crippen molar-refractivity contribution in [3.05, 3.63) is 47.8 Å². The van der Waals surface area contributed by atoms with Crippen LogP contribution in [0.5, 0.6) is 0 Å². The Kier molecular flexibility index (Phi) is 5.17. The topological polar surface area (TPSA) is 92.3 Å². The average molecular weight is 378 g/mol. The van der Waals surface area contributed by atoms with Gasteiger partial charge < -0.3 is 10.2 Å². The molecule has 7 nitrogen and oxygen atoms in total. The zero-order valence-corrected chi connectivity index (χ0v) is 15.0. The van der Waals surface area contributed by atoms with Crippen LogP contribution < -0.4 is 10.2 Å². The maximum absolute atomic E-state index is 12.9. The first-order chi connectivity index (χ1) is 12.3. The zero-order valence-electron chi connectivity index (χ0n) is 14.2. The molecule has 1 aromatic carbocycles. The van der Waals surface area contributed by atoms with Crippen LogP contribution in [0.15, 0.2) is 36.4 Å². The van der Waals surface area contributed by atoms with Crippen molar-refractivity contribution in [3.8, 4) is 0 Å². The summed E-state index contributed by atoms with van der Waals surface area (Å²) in [6.45, 7) is 0. The Labute approximate surface area is 151 Å². The highest BCUT2D eigenvalue weighted by molar-refractivity contribution is 7.91. The molecular weight excluding hydrogens is 359 g/mol. The highest BCUT2D eigenvalue weighted by Gasteiger charge is 2.31. The number of halogens is 1. The normalized spacial score (nSPS) is 18.5. The van der Waals surface area contributed by atoms with Crippen LogP contribution in [0, 0.1) is 5.82 Å². The van der Waals surface area contributed by atoms with Gasteiger partial charge in [0.2, 0.25) is 5.91 Å². The molecule has 0 radical (unpaired) electrons. The molecule has 1 fully saturated rings. The van der Waals surface area contributed by atoms with Gasteiger partial charge in [-0.15, -0.1) is 10.2 Å². The summed E-state index contributed by atoms with van der Waals surface area (Å²) in [6, 6.07) is 8.89. The van der Waals surface area contributed by atoms with Crippen LogP contribution >= 0.6 is 0 Å². The van der Waals surface area contributed by atoms with E-state index in [1.165, 1.54) is 12.1 Å². The van der Waals surface area contributed by atoms with E-state index in [2.05, 4.69) is 15.5 Å². The molecule has 1 aromatic heterocycles. The molecule has 2 heterocycles. The zero-order chi connectivity index (χ0) is 18.7. The minimum absolute atomic E-state index is 0.101. The van der Waals surface area contributed by atoms with E-state index in [1.54, 1.807) is 36.2 Å². The Morgan fingerprint density at radius 3 is 2.54 bits per heavy atom. The molecule has 26 heavy (non-hydrogen) atoms. The smallest absolute Gasteiger partial charge is 0.229 e. The second-order valence-electron chi connectivity index (χ2n) is 6.30. The van der Waals surface area contributed by atoms with Crippen LogP contribution in [0.25, 0.3) is 0 Å². The predicted octanol–water partition coefficient (Wildman–Crippen LogP) is 1.42. The molecule has 1 amide bonds. The molecule has 1 aliphatic rings. The van der Waals surface area contributed by atoms with E-state index in [0.29, 0.717) is 23.6 Å². The van der Waals surface area contributed by atoms with Gasteiger partial charge in [0, 0.05) is 13.1 Å². The third-order valence-electron chi connectivity index (χ3n) is 4.31. The van der Waals surface area contributed by atoms with Gasteiger partial charge in [0.15, 0.2) is 21.5 Å². The number of benzene rings is 1. The SMILES string of the molecule is CN(c1ccc(NC(=O)Cc2ccc(F)cc2)nn1)C1CCS(=O)(=O)C1. The summed E-state index contributed by atoms with van der Waals surface area (Å²) in [4.78, 5) is 13.8. The predicted molar refractivity (Wildman–Crippen MR) is 96.2 cm³/mol. The minimum atomic E-state index is -2.98. The van der Waals surface area contributed by atoms with Crippen molar-refractivity contribution in [1.29, 1.82) is 0 Å². The molecule has 1 atom stereocenters.